The Kier molecular flexibility index (Phi) is 3.23. The van der Waals surface area contributed by atoms with Gasteiger partial charge < -0.3 is 9.84 Å². The number of aromatic amines is 1. The standard InChI is InChI=1S/C17H18N6O/c1-17(2,3)9-12-11-5-4-10(8-13(11)24-23-12)20-16-14-15(21-22-16)19-7-6-18-14/h4-8H,9H2,1-3H3,(H2,19,20,21,22). The van der Waals surface area contributed by atoms with Crippen molar-refractivity contribution in [2.24, 2.45) is 5.41 Å². The van der Waals surface area contributed by atoms with Crippen LogP contribution in [-0.4, -0.2) is 25.3 Å². The minimum absolute atomic E-state index is 0.160. The Hall–Kier alpha value is -2.96. The quantitative estimate of drug-likeness (QED) is 0.595. The zero-order valence-electron chi connectivity index (χ0n) is 13.8. The van der Waals surface area contributed by atoms with Crippen LogP contribution in [0.3, 0.4) is 0 Å². The molecule has 0 saturated carbocycles. The summed E-state index contributed by atoms with van der Waals surface area (Å²) in [6.07, 6.45) is 4.13. The molecule has 3 heterocycles. The first-order chi connectivity index (χ1) is 11.5. The maximum atomic E-state index is 5.50. The molecule has 0 spiro atoms. The van der Waals surface area contributed by atoms with E-state index in [1.54, 1.807) is 12.4 Å². The molecule has 7 nitrogen and oxygen atoms in total. The fraction of sp³-hybridized carbons (Fsp3) is 0.294. The highest BCUT2D eigenvalue weighted by molar-refractivity contribution is 5.88. The SMILES string of the molecule is CC(C)(C)Cc1noc2cc(Nc3n[nH]c4nccnc34)ccc12. The molecule has 0 fully saturated rings. The molecule has 0 aliphatic rings. The Bertz CT molecular complexity index is 1010. The van der Waals surface area contributed by atoms with Crippen LogP contribution in [0.4, 0.5) is 11.5 Å². The Balaban J connectivity index is 1.66. The maximum Gasteiger partial charge on any atom is 0.180 e. The van der Waals surface area contributed by atoms with Crippen LogP contribution < -0.4 is 5.32 Å². The van der Waals surface area contributed by atoms with Crippen LogP contribution in [-0.2, 0) is 6.42 Å². The van der Waals surface area contributed by atoms with Gasteiger partial charge in [0, 0.05) is 29.5 Å². The van der Waals surface area contributed by atoms with Crippen LogP contribution in [0.5, 0.6) is 0 Å². The molecule has 0 unspecified atom stereocenters. The van der Waals surface area contributed by atoms with Gasteiger partial charge in [0.2, 0.25) is 0 Å². The molecule has 0 radical (unpaired) electrons. The predicted molar refractivity (Wildman–Crippen MR) is 92.1 cm³/mol. The first-order valence-corrected chi connectivity index (χ1v) is 7.80. The second-order valence-corrected chi connectivity index (χ2v) is 7.03. The molecule has 122 valence electrons. The van der Waals surface area contributed by atoms with Crippen molar-refractivity contribution in [2.45, 2.75) is 27.2 Å². The normalized spacial score (nSPS) is 12.1. The van der Waals surface area contributed by atoms with E-state index in [1.165, 1.54) is 0 Å². The molecule has 0 aliphatic heterocycles. The highest BCUT2D eigenvalue weighted by Gasteiger charge is 2.17. The maximum absolute atomic E-state index is 5.50. The fourth-order valence-electron chi connectivity index (χ4n) is 2.68. The highest BCUT2D eigenvalue weighted by Crippen LogP contribution is 2.29. The molecular weight excluding hydrogens is 304 g/mol. The molecular formula is C17H18N6O. The van der Waals surface area contributed by atoms with Gasteiger partial charge in [-0.1, -0.05) is 25.9 Å². The molecule has 0 saturated heterocycles. The summed E-state index contributed by atoms with van der Waals surface area (Å²) in [5.74, 6) is 0.631. The summed E-state index contributed by atoms with van der Waals surface area (Å²) in [4.78, 5) is 8.47. The number of rotatable bonds is 3. The van der Waals surface area contributed by atoms with E-state index in [1.807, 2.05) is 18.2 Å². The number of H-pyrrole nitrogens is 1. The topological polar surface area (TPSA) is 92.5 Å². The Labute approximate surface area is 138 Å². The fourth-order valence-corrected chi connectivity index (χ4v) is 2.68. The third kappa shape index (κ3) is 2.68. The third-order valence-electron chi connectivity index (χ3n) is 3.70. The van der Waals surface area contributed by atoms with Crippen molar-refractivity contribution in [1.29, 1.82) is 0 Å². The lowest BCUT2D eigenvalue weighted by Gasteiger charge is -2.15. The van der Waals surface area contributed by atoms with E-state index in [9.17, 15) is 0 Å². The van der Waals surface area contributed by atoms with Gasteiger partial charge in [-0.2, -0.15) is 5.10 Å². The Morgan fingerprint density at radius 1 is 1.17 bits per heavy atom. The molecule has 3 aromatic heterocycles. The van der Waals surface area contributed by atoms with Crippen molar-refractivity contribution in [3.8, 4) is 0 Å². The molecule has 1 aromatic carbocycles. The van der Waals surface area contributed by atoms with Crippen LogP contribution >= 0.6 is 0 Å². The lowest BCUT2D eigenvalue weighted by Crippen LogP contribution is -2.09. The molecule has 0 atom stereocenters. The van der Waals surface area contributed by atoms with Crippen LogP contribution in [0.1, 0.15) is 26.5 Å². The number of nitrogens with one attached hydrogen (secondary N) is 2. The van der Waals surface area contributed by atoms with E-state index in [0.29, 0.717) is 17.0 Å². The number of hydrogen-bond acceptors (Lipinski definition) is 6. The van der Waals surface area contributed by atoms with Crippen molar-refractivity contribution in [3.63, 3.8) is 0 Å². The Morgan fingerprint density at radius 3 is 2.83 bits per heavy atom. The van der Waals surface area contributed by atoms with Crippen LogP contribution in [0, 0.1) is 5.41 Å². The first-order valence-electron chi connectivity index (χ1n) is 7.80. The van der Waals surface area contributed by atoms with Crippen molar-refractivity contribution in [2.75, 3.05) is 5.32 Å². The van der Waals surface area contributed by atoms with Gasteiger partial charge in [0.1, 0.15) is 0 Å². The number of nitrogens with zero attached hydrogens (tertiary/aromatic N) is 4. The number of fused-ring (bicyclic) bond motifs is 2. The van der Waals surface area contributed by atoms with Crippen molar-refractivity contribution < 1.29 is 4.52 Å². The van der Waals surface area contributed by atoms with Gasteiger partial charge in [0.15, 0.2) is 22.6 Å². The average molecular weight is 322 g/mol. The van der Waals surface area contributed by atoms with Crippen molar-refractivity contribution in [1.82, 2.24) is 25.3 Å². The molecule has 4 rings (SSSR count). The molecule has 2 N–H and O–H groups in total. The summed E-state index contributed by atoms with van der Waals surface area (Å²) in [6.45, 7) is 6.56. The molecule has 0 bridgehead atoms. The monoisotopic (exact) mass is 322 g/mol. The first kappa shape index (κ1) is 14.6. The average Bonchev–Trinajstić information content (AvgIpc) is 3.11. The largest absolute Gasteiger partial charge is 0.356 e. The van der Waals surface area contributed by atoms with Gasteiger partial charge in [0.05, 0.1) is 5.69 Å². The second kappa shape index (κ2) is 5.30. The van der Waals surface area contributed by atoms with E-state index < -0.39 is 0 Å². The smallest absolute Gasteiger partial charge is 0.180 e. The molecule has 0 aliphatic carbocycles. The Morgan fingerprint density at radius 2 is 2.00 bits per heavy atom. The number of aromatic nitrogens is 5. The van der Waals surface area contributed by atoms with Crippen LogP contribution in [0.25, 0.3) is 22.1 Å². The van der Waals surface area contributed by atoms with E-state index >= 15 is 0 Å². The second-order valence-electron chi connectivity index (χ2n) is 7.03. The summed E-state index contributed by atoms with van der Waals surface area (Å²) in [7, 11) is 0. The summed E-state index contributed by atoms with van der Waals surface area (Å²) in [6, 6.07) is 5.93. The van der Waals surface area contributed by atoms with Gasteiger partial charge in [-0.15, -0.1) is 0 Å². The van der Waals surface area contributed by atoms with Gasteiger partial charge in [-0.05, 0) is 24.0 Å². The number of benzene rings is 1. The lowest BCUT2D eigenvalue weighted by atomic mass is 9.89. The highest BCUT2D eigenvalue weighted by atomic mass is 16.5. The molecule has 24 heavy (non-hydrogen) atoms. The third-order valence-corrected chi connectivity index (χ3v) is 3.70. The molecule has 7 heteroatoms. The lowest BCUT2D eigenvalue weighted by molar-refractivity contribution is 0.382. The van der Waals surface area contributed by atoms with Gasteiger partial charge >= 0.3 is 0 Å². The predicted octanol–water partition coefficient (Wildman–Crippen LogP) is 3.83. The summed E-state index contributed by atoms with van der Waals surface area (Å²) >= 11 is 0. The van der Waals surface area contributed by atoms with E-state index in [-0.39, 0.29) is 5.41 Å². The van der Waals surface area contributed by atoms with E-state index in [2.05, 4.69) is 51.4 Å². The van der Waals surface area contributed by atoms with Crippen LogP contribution in [0.2, 0.25) is 0 Å². The molecule has 0 amide bonds. The van der Waals surface area contributed by atoms with Crippen molar-refractivity contribution >= 4 is 33.6 Å². The summed E-state index contributed by atoms with van der Waals surface area (Å²) < 4.78 is 5.50. The van der Waals surface area contributed by atoms with Gasteiger partial charge in [-0.25, -0.2) is 9.97 Å². The summed E-state index contributed by atoms with van der Waals surface area (Å²) in [5, 5.41) is 15.6. The van der Waals surface area contributed by atoms with Crippen molar-refractivity contribution in [3.05, 3.63) is 36.3 Å². The number of anilines is 2. The van der Waals surface area contributed by atoms with Gasteiger partial charge in [0.25, 0.3) is 0 Å². The minimum atomic E-state index is 0.160. The zero-order chi connectivity index (χ0) is 16.7. The molecule has 4 aromatic rings. The summed E-state index contributed by atoms with van der Waals surface area (Å²) in [5.41, 5.74) is 4.11. The number of hydrogen-bond donors (Lipinski definition) is 2. The van der Waals surface area contributed by atoms with Gasteiger partial charge in [-0.3, -0.25) is 5.10 Å². The minimum Gasteiger partial charge on any atom is -0.356 e. The van der Waals surface area contributed by atoms with E-state index in [0.717, 1.165) is 28.8 Å². The zero-order valence-corrected chi connectivity index (χ0v) is 13.8. The van der Waals surface area contributed by atoms with E-state index in [4.69, 9.17) is 4.52 Å². The van der Waals surface area contributed by atoms with Crippen LogP contribution in [0.15, 0.2) is 35.1 Å².